The number of carbonyl (C=O) groups is 1. The summed E-state index contributed by atoms with van der Waals surface area (Å²) in [6.45, 7) is 0.363. The summed E-state index contributed by atoms with van der Waals surface area (Å²) in [5.74, 6) is -0.444. The monoisotopic (exact) mass is 313 g/mol. The Kier molecular flexibility index (Phi) is 5.43. The van der Waals surface area contributed by atoms with Crippen molar-refractivity contribution in [3.05, 3.63) is 75.8 Å². The Morgan fingerprint density at radius 2 is 1.74 bits per heavy atom. The van der Waals surface area contributed by atoms with Gasteiger partial charge in [0.25, 0.3) is 11.6 Å². The molecule has 0 aliphatic rings. The van der Waals surface area contributed by atoms with Crippen LogP contribution in [0.25, 0.3) is 0 Å². The second kappa shape index (κ2) is 7.51. The van der Waals surface area contributed by atoms with Crippen molar-refractivity contribution in [2.45, 2.75) is 6.04 Å². The van der Waals surface area contributed by atoms with Gasteiger partial charge in [-0.05, 0) is 25.7 Å². The Bertz CT molecular complexity index is 686. The molecule has 0 saturated heterocycles. The van der Waals surface area contributed by atoms with E-state index in [9.17, 15) is 14.9 Å². The molecule has 1 N–H and O–H groups in total. The second-order valence-electron chi connectivity index (χ2n) is 5.37. The first-order valence-electron chi connectivity index (χ1n) is 7.23. The van der Waals surface area contributed by atoms with Gasteiger partial charge in [-0.15, -0.1) is 0 Å². The first-order chi connectivity index (χ1) is 11.0. The molecule has 6 nitrogen and oxygen atoms in total. The van der Waals surface area contributed by atoms with Crippen molar-refractivity contribution < 1.29 is 9.72 Å². The van der Waals surface area contributed by atoms with Gasteiger partial charge in [0, 0.05) is 12.6 Å². The smallest absolute Gasteiger partial charge is 0.282 e. The van der Waals surface area contributed by atoms with Crippen LogP contribution in [0.5, 0.6) is 0 Å². The van der Waals surface area contributed by atoms with Crippen LogP contribution in [0.1, 0.15) is 22.0 Å². The molecule has 2 aromatic rings. The molecule has 0 spiro atoms. The van der Waals surface area contributed by atoms with Crippen molar-refractivity contribution in [3.63, 3.8) is 0 Å². The summed E-state index contributed by atoms with van der Waals surface area (Å²) in [6.07, 6.45) is 0. The summed E-state index contributed by atoms with van der Waals surface area (Å²) < 4.78 is 0. The first kappa shape index (κ1) is 16.6. The molecule has 0 aliphatic carbocycles. The van der Waals surface area contributed by atoms with Gasteiger partial charge in [-0.3, -0.25) is 14.9 Å². The van der Waals surface area contributed by atoms with E-state index in [4.69, 9.17) is 0 Å². The van der Waals surface area contributed by atoms with E-state index in [2.05, 4.69) is 5.32 Å². The molecule has 2 aromatic carbocycles. The third-order valence-corrected chi connectivity index (χ3v) is 3.61. The van der Waals surface area contributed by atoms with Gasteiger partial charge >= 0.3 is 0 Å². The highest BCUT2D eigenvalue weighted by Gasteiger charge is 2.21. The highest BCUT2D eigenvalue weighted by molar-refractivity contribution is 5.98. The molecular formula is C17H19N3O3. The summed E-state index contributed by atoms with van der Waals surface area (Å²) >= 11 is 0. The van der Waals surface area contributed by atoms with E-state index in [1.807, 2.05) is 49.3 Å². The van der Waals surface area contributed by atoms with E-state index in [0.717, 1.165) is 5.56 Å². The lowest BCUT2D eigenvalue weighted by Crippen LogP contribution is -2.34. The first-order valence-corrected chi connectivity index (χ1v) is 7.23. The van der Waals surface area contributed by atoms with Crippen LogP contribution in [-0.4, -0.2) is 36.4 Å². The van der Waals surface area contributed by atoms with E-state index in [-0.39, 0.29) is 17.3 Å². The number of amides is 1. The maximum absolute atomic E-state index is 12.3. The largest absolute Gasteiger partial charge is 0.350 e. The van der Waals surface area contributed by atoms with Crippen LogP contribution < -0.4 is 5.32 Å². The maximum atomic E-state index is 12.3. The Morgan fingerprint density at radius 1 is 1.13 bits per heavy atom. The zero-order valence-corrected chi connectivity index (χ0v) is 13.1. The average Bonchev–Trinajstić information content (AvgIpc) is 2.55. The van der Waals surface area contributed by atoms with E-state index < -0.39 is 10.8 Å². The number of hydrogen-bond acceptors (Lipinski definition) is 4. The van der Waals surface area contributed by atoms with Gasteiger partial charge in [-0.1, -0.05) is 42.5 Å². The zero-order chi connectivity index (χ0) is 16.8. The van der Waals surface area contributed by atoms with Gasteiger partial charge < -0.3 is 10.2 Å². The van der Waals surface area contributed by atoms with Crippen LogP contribution in [0, 0.1) is 10.1 Å². The Balaban J connectivity index is 2.13. The molecule has 1 atom stereocenters. The fourth-order valence-corrected chi connectivity index (χ4v) is 2.38. The van der Waals surface area contributed by atoms with Crippen molar-refractivity contribution in [2.75, 3.05) is 20.6 Å². The molecule has 0 radical (unpaired) electrons. The fourth-order valence-electron chi connectivity index (χ4n) is 2.38. The molecule has 0 fully saturated rings. The molecule has 0 bridgehead atoms. The van der Waals surface area contributed by atoms with Gasteiger partial charge in [0.05, 0.1) is 11.0 Å². The van der Waals surface area contributed by atoms with E-state index >= 15 is 0 Å². The minimum absolute atomic E-state index is 0.0112. The minimum atomic E-state index is -0.546. The number of nitro benzene ring substituents is 1. The lowest BCUT2D eigenvalue weighted by atomic mass is 10.1. The zero-order valence-electron chi connectivity index (χ0n) is 13.1. The van der Waals surface area contributed by atoms with Gasteiger partial charge in [0.15, 0.2) is 0 Å². The van der Waals surface area contributed by atoms with Gasteiger partial charge in [-0.25, -0.2) is 0 Å². The highest BCUT2D eigenvalue weighted by atomic mass is 16.6. The van der Waals surface area contributed by atoms with Crippen LogP contribution >= 0.6 is 0 Å². The number of hydrogen-bond donors (Lipinski definition) is 1. The molecule has 120 valence electrons. The molecular weight excluding hydrogens is 294 g/mol. The molecule has 0 aromatic heterocycles. The fraction of sp³-hybridized carbons (Fsp3) is 0.235. The number of rotatable bonds is 6. The molecule has 0 aliphatic heterocycles. The normalized spacial score (nSPS) is 12.0. The summed E-state index contributed by atoms with van der Waals surface area (Å²) in [5.41, 5.74) is 0.953. The SMILES string of the molecule is CN(C)C(CNC(=O)c1ccccc1[N+](=O)[O-])c1ccccc1. The Hall–Kier alpha value is -2.73. The number of nitrogens with zero attached hydrogens (tertiary/aromatic N) is 2. The van der Waals surface area contributed by atoms with Crippen molar-refractivity contribution >= 4 is 11.6 Å². The lowest BCUT2D eigenvalue weighted by Gasteiger charge is -2.25. The van der Waals surface area contributed by atoms with Crippen molar-refractivity contribution in [1.29, 1.82) is 0 Å². The second-order valence-corrected chi connectivity index (χ2v) is 5.37. The van der Waals surface area contributed by atoms with E-state index in [1.165, 1.54) is 12.1 Å². The average molecular weight is 313 g/mol. The number of likely N-dealkylation sites (N-methyl/N-ethyl adjacent to an activating group) is 1. The van der Waals surface area contributed by atoms with Gasteiger partial charge in [-0.2, -0.15) is 0 Å². The Morgan fingerprint density at radius 3 is 2.35 bits per heavy atom. The lowest BCUT2D eigenvalue weighted by molar-refractivity contribution is -0.385. The molecule has 0 heterocycles. The van der Waals surface area contributed by atoms with Gasteiger partial charge in [0.2, 0.25) is 0 Å². The number of benzene rings is 2. The van der Waals surface area contributed by atoms with Crippen LogP contribution in [-0.2, 0) is 0 Å². The molecule has 2 rings (SSSR count). The number of nitro groups is 1. The highest BCUT2D eigenvalue weighted by Crippen LogP contribution is 2.19. The molecule has 1 unspecified atom stereocenters. The van der Waals surface area contributed by atoms with Crippen LogP contribution in [0.15, 0.2) is 54.6 Å². The number of carbonyl (C=O) groups excluding carboxylic acids is 1. The van der Waals surface area contributed by atoms with E-state index in [1.54, 1.807) is 12.1 Å². The summed E-state index contributed by atoms with van der Waals surface area (Å²) in [7, 11) is 3.85. The quantitative estimate of drug-likeness (QED) is 0.657. The predicted molar refractivity (Wildman–Crippen MR) is 88.3 cm³/mol. The molecule has 23 heavy (non-hydrogen) atoms. The predicted octanol–water partition coefficient (Wildman–Crippen LogP) is 2.63. The summed E-state index contributed by atoms with van der Waals surface area (Å²) in [5, 5.41) is 13.8. The Labute approximate surface area is 134 Å². The van der Waals surface area contributed by atoms with Crippen LogP contribution in [0.2, 0.25) is 0 Å². The number of nitrogens with one attached hydrogen (secondary N) is 1. The third kappa shape index (κ3) is 4.14. The minimum Gasteiger partial charge on any atom is -0.350 e. The standard InChI is InChI=1S/C17H19N3O3/c1-19(2)16(13-8-4-3-5-9-13)12-18-17(21)14-10-6-7-11-15(14)20(22)23/h3-11,16H,12H2,1-2H3,(H,18,21). The molecule has 6 heteroatoms. The maximum Gasteiger partial charge on any atom is 0.282 e. The van der Waals surface area contributed by atoms with Crippen LogP contribution in [0.4, 0.5) is 5.69 Å². The van der Waals surface area contributed by atoms with Crippen molar-refractivity contribution in [2.24, 2.45) is 0 Å². The van der Waals surface area contributed by atoms with Gasteiger partial charge in [0.1, 0.15) is 5.56 Å². The summed E-state index contributed by atoms with van der Waals surface area (Å²) in [4.78, 5) is 24.8. The van der Waals surface area contributed by atoms with E-state index in [0.29, 0.717) is 6.54 Å². The summed E-state index contributed by atoms with van der Waals surface area (Å²) in [6, 6.07) is 15.7. The number of para-hydroxylation sites is 1. The van der Waals surface area contributed by atoms with Crippen molar-refractivity contribution in [1.82, 2.24) is 10.2 Å². The van der Waals surface area contributed by atoms with Crippen molar-refractivity contribution in [3.8, 4) is 0 Å². The molecule has 0 saturated carbocycles. The topological polar surface area (TPSA) is 75.5 Å². The third-order valence-electron chi connectivity index (χ3n) is 3.61. The molecule has 1 amide bonds. The van der Waals surface area contributed by atoms with Crippen LogP contribution in [0.3, 0.4) is 0 Å².